The predicted octanol–water partition coefficient (Wildman–Crippen LogP) is 5.22. The van der Waals surface area contributed by atoms with Crippen LogP contribution in [-0.2, 0) is 22.7 Å². The van der Waals surface area contributed by atoms with E-state index >= 15 is 0 Å². The van der Waals surface area contributed by atoms with Crippen LogP contribution in [0.25, 0.3) is 11.0 Å². The molecule has 5 heterocycles. The molecule has 3 aromatic heterocycles. The van der Waals surface area contributed by atoms with Gasteiger partial charge in [0.2, 0.25) is 0 Å². The molecule has 2 saturated heterocycles. The van der Waals surface area contributed by atoms with Crippen molar-refractivity contribution in [2.45, 2.75) is 83.7 Å². The first kappa shape index (κ1) is 30.2. The van der Waals surface area contributed by atoms with E-state index in [4.69, 9.17) is 14.5 Å². The second-order valence-corrected chi connectivity index (χ2v) is 18.5. The standard InChI is InChI=1S/C30H45N7O4Si/c1-21-16-35(17-22(2)37(21)30(38)39)26-8-6-7-24(34-26)15-31-28-27-25(23-9-11-40-12-10-23)18-36(29(27)33-19-32-28)20-41-13-14-42(3,4)5/h6-8,18-19,21-23H,9-17,20H2,1-5H3,(H,38,39)(H,31,32,33)/t21-,22+. The minimum absolute atomic E-state index is 0.115. The quantitative estimate of drug-likeness (QED) is 0.240. The Morgan fingerprint density at radius 3 is 2.57 bits per heavy atom. The van der Waals surface area contributed by atoms with Crippen molar-refractivity contribution in [3.63, 3.8) is 0 Å². The molecule has 2 atom stereocenters. The Balaban J connectivity index is 1.35. The highest BCUT2D eigenvalue weighted by Gasteiger charge is 2.33. The van der Waals surface area contributed by atoms with Crippen molar-refractivity contribution in [3.8, 4) is 0 Å². The molecule has 12 heteroatoms. The molecule has 0 aliphatic carbocycles. The molecule has 2 aliphatic rings. The Labute approximate surface area is 249 Å². The van der Waals surface area contributed by atoms with Gasteiger partial charge < -0.3 is 29.4 Å². The Morgan fingerprint density at radius 2 is 1.88 bits per heavy atom. The average Bonchev–Trinajstić information content (AvgIpc) is 3.33. The summed E-state index contributed by atoms with van der Waals surface area (Å²) in [6, 6.07) is 6.91. The largest absolute Gasteiger partial charge is 0.465 e. The first-order valence-corrected chi connectivity index (χ1v) is 18.8. The topological polar surface area (TPSA) is 118 Å². The van der Waals surface area contributed by atoms with Gasteiger partial charge in [0.15, 0.2) is 0 Å². The smallest absolute Gasteiger partial charge is 0.407 e. The zero-order chi connectivity index (χ0) is 29.9. The van der Waals surface area contributed by atoms with Gasteiger partial charge in [-0.2, -0.15) is 0 Å². The van der Waals surface area contributed by atoms with Crippen LogP contribution in [0.15, 0.2) is 30.7 Å². The van der Waals surface area contributed by atoms with E-state index in [9.17, 15) is 9.90 Å². The number of ether oxygens (including phenoxy) is 2. The van der Waals surface area contributed by atoms with Gasteiger partial charge in [-0.1, -0.05) is 25.7 Å². The third kappa shape index (κ3) is 7.04. The number of amides is 1. The van der Waals surface area contributed by atoms with Crippen LogP contribution in [0.5, 0.6) is 0 Å². The first-order valence-electron chi connectivity index (χ1n) is 15.1. The van der Waals surface area contributed by atoms with Crippen molar-refractivity contribution < 1.29 is 19.4 Å². The monoisotopic (exact) mass is 595 g/mol. The van der Waals surface area contributed by atoms with Gasteiger partial charge in [-0.05, 0) is 56.3 Å². The van der Waals surface area contributed by atoms with Crippen molar-refractivity contribution in [3.05, 3.63) is 42.0 Å². The van der Waals surface area contributed by atoms with Crippen LogP contribution < -0.4 is 10.2 Å². The molecular formula is C30H45N7O4Si. The van der Waals surface area contributed by atoms with Crippen LogP contribution in [0, 0.1) is 0 Å². The average molecular weight is 596 g/mol. The number of hydrogen-bond donors (Lipinski definition) is 2. The van der Waals surface area contributed by atoms with Crippen LogP contribution >= 0.6 is 0 Å². The van der Waals surface area contributed by atoms with Gasteiger partial charge in [0.1, 0.15) is 30.3 Å². The lowest BCUT2D eigenvalue weighted by molar-refractivity contribution is 0.0840. The molecule has 1 amide bonds. The summed E-state index contributed by atoms with van der Waals surface area (Å²) in [4.78, 5) is 29.7. The van der Waals surface area contributed by atoms with Crippen molar-refractivity contribution in [1.29, 1.82) is 0 Å². The summed E-state index contributed by atoms with van der Waals surface area (Å²) in [5.41, 5.74) is 3.01. The number of nitrogens with one attached hydrogen (secondary N) is 1. The highest BCUT2D eigenvalue weighted by Crippen LogP contribution is 2.36. The van der Waals surface area contributed by atoms with Gasteiger partial charge >= 0.3 is 6.09 Å². The number of fused-ring (bicyclic) bond motifs is 1. The summed E-state index contributed by atoms with van der Waals surface area (Å²) >= 11 is 0. The van der Waals surface area contributed by atoms with Crippen molar-refractivity contribution in [2.24, 2.45) is 0 Å². The minimum atomic E-state index is -1.17. The number of piperazine rings is 1. The summed E-state index contributed by atoms with van der Waals surface area (Å²) in [6.45, 7) is 15.4. The fourth-order valence-corrected chi connectivity index (χ4v) is 6.80. The minimum Gasteiger partial charge on any atom is -0.465 e. The third-order valence-corrected chi connectivity index (χ3v) is 9.97. The van der Waals surface area contributed by atoms with Gasteiger partial charge in [0, 0.05) is 47.2 Å². The van der Waals surface area contributed by atoms with Gasteiger partial charge in [0.05, 0.1) is 29.7 Å². The lowest BCUT2D eigenvalue weighted by Crippen LogP contribution is -2.58. The maximum atomic E-state index is 11.7. The maximum absolute atomic E-state index is 11.7. The Kier molecular flexibility index (Phi) is 9.34. The first-order chi connectivity index (χ1) is 20.1. The summed E-state index contributed by atoms with van der Waals surface area (Å²) in [6.07, 6.45) is 4.89. The highest BCUT2D eigenvalue weighted by molar-refractivity contribution is 6.76. The van der Waals surface area contributed by atoms with Crippen LogP contribution in [0.3, 0.4) is 0 Å². The zero-order valence-electron chi connectivity index (χ0n) is 25.5. The number of pyridine rings is 1. The van der Waals surface area contributed by atoms with Gasteiger partial charge in [-0.15, -0.1) is 0 Å². The molecule has 2 fully saturated rings. The molecule has 0 saturated carbocycles. The molecule has 2 aliphatic heterocycles. The summed E-state index contributed by atoms with van der Waals surface area (Å²) in [5, 5.41) is 14.2. The maximum Gasteiger partial charge on any atom is 0.407 e. The molecule has 0 bridgehead atoms. The van der Waals surface area contributed by atoms with Crippen LogP contribution in [0.4, 0.5) is 16.4 Å². The Bertz CT molecular complexity index is 1360. The molecule has 2 N–H and O–H groups in total. The number of aromatic nitrogens is 4. The normalized spacial score (nSPS) is 20.3. The van der Waals surface area contributed by atoms with E-state index in [1.807, 2.05) is 32.0 Å². The number of carbonyl (C=O) groups is 1. The molecule has 3 aromatic rings. The number of nitrogens with zero attached hydrogens (tertiary/aromatic N) is 6. The van der Waals surface area contributed by atoms with Crippen LogP contribution in [-0.4, -0.2) is 88.7 Å². The lowest BCUT2D eigenvalue weighted by atomic mass is 9.92. The van der Waals surface area contributed by atoms with E-state index in [1.54, 1.807) is 6.33 Å². The zero-order valence-corrected chi connectivity index (χ0v) is 26.5. The highest BCUT2D eigenvalue weighted by atomic mass is 28.3. The molecule has 42 heavy (non-hydrogen) atoms. The fourth-order valence-electron chi connectivity index (χ4n) is 6.05. The SMILES string of the molecule is C[C@@H]1CN(c2cccc(CNc3ncnc4c3c(C3CCOCC3)cn4COCC[Si](C)(C)C)n2)C[C@H](C)N1C(=O)O. The number of hydrogen-bond acceptors (Lipinski definition) is 8. The van der Waals surface area contributed by atoms with Crippen LogP contribution in [0.2, 0.25) is 25.7 Å². The summed E-state index contributed by atoms with van der Waals surface area (Å²) < 4.78 is 13.9. The predicted molar refractivity (Wildman–Crippen MR) is 167 cm³/mol. The second-order valence-electron chi connectivity index (χ2n) is 12.8. The van der Waals surface area contributed by atoms with Gasteiger partial charge in [-0.25, -0.2) is 19.7 Å². The van der Waals surface area contributed by atoms with Gasteiger partial charge in [-0.3, -0.25) is 4.90 Å². The molecule has 11 nitrogen and oxygen atoms in total. The molecular weight excluding hydrogens is 550 g/mol. The molecule has 0 aromatic carbocycles. The van der Waals surface area contributed by atoms with Gasteiger partial charge in [0.25, 0.3) is 0 Å². The Hall–Kier alpha value is -3.22. The van der Waals surface area contributed by atoms with Crippen molar-refractivity contribution >= 4 is 36.8 Å². The number of carboxylic acid groups (broad SMARTS) is 1. The summed E-state index contributed by atoms with van der Waals surface area (Å²) in [5.74, 6) is 2.04. The van der Waals surface area contributed by atoms with Crippen molar-refractivity contribution in [1.82, 2.24) is 24.4 Å². The summed E-state index contributed by atoms with van der Waals surface area (Å²) in [7, 11) is -1.17. The number of rotatable bonds is 10. The third-order valence-electron chi connectivity index (χ3n) is 8.26. The fraction of sp³-hybridized carbons (Fsp3) is 0.600. The Morgan fingerprint density at radius 1 is 1.14 bits per heavy atom. The molecule has 0 radical (unpaired) electrons. The molecule has 228 valence electrons. The number of anilines is 2. The second kappa shape index (κ2) is 13.0. The van der Waals surface area contributed by atoms with E-state index in [1.165, 1.54) is 10.5 Å². The lowest BCUT2D eigenvalue weighted by Gasteiger charge is -2.43. The van der Waals surface area contributed by atoms with E-state index in [2.05, 4.69) is 50.6 Å². The van der Waals surface area contributed by atoms with Crippen LogP contribution in [0.1, 0.15) is 43.9 Å². The molecule has 0 unspecified atom stereocenters. The molecule has 0 spiro atoms. The van der Waals surface area contributed by atoms with E-state index in [0.29, 0.717) is 32.3 Å². The van der Waals surface area contributed by atoms with E-state index in [0.717, 1.165) is 67.1 Å². The van der Waals surface area contributed by atoms with E-state index in [-0.39, 0.29) is 12.1 Å². The van der Waals surface area contributed by atoms with E-state index < -0.39 is 14.2 Å². The van der Waals surface area contributed by atoms with Crippen molar-refractivity contribution in [2.75, 3.05) is 43.1 Å². The molecule has 5 rings (SSSR count).